The molecule has 5 nitrogen and oxygen atoms in total. The number of hydrogen-bond donors (Lipinski definition) is 2. The summed E-state index contributed by atoms with van der Waals surface area (Å²) in [5.74, 6) is 0.460. The SMILES string of the molecule is COc1ccc(NC(N)=NCc2ccccc2OC(F)(F)F)cc1.I. The molecule has 136 valence electrons. The van der Waals surface area contributed by atoms with Crippen LogP contribution >= 0.6 is 24.0 Å². The maximum atomic E-state index is 12.4. The summed E-state index contributed by atoms with van der Waals surface area (Å²) >= 11 is 0. The van der Waals surface area contributed by atoms with Crippen LogP contribution in [0.2, 0.25) is 0 Å². The number of benzene rings is 2. The van der Waals surface area contributed by atoms with E-state index in [0.717, 1.165) is 0 Å². The molecule has 0 aliphatic heterocycles. The van der Waals surface area contributed by atoms with Gasteiger partial charge in [0.1, 0.15) is 11.5 Å². The number of para-hydroxylation sites is 1. The highest BCUT2D eigenvalue weighted by Crippen LogP contribution is 2.26. The Labute approximate surface area is 160 Å². The van der Waals surface area contributed by atoms with Crippen LogP contribution in [0.3, 0.4) is 0 Å². The summed E-state index contributed by atoms with van der Waals surface area (Å²) in [6.45, 7) is -0.0543. The molecule has 0 bridgehead atoms. The second kappa shape index (κ2) is 9.35. The number of nitrogens with two attached hydrogens (primary N) is 1. The van der Waals surface area contributed by atoms with E-state index < -0.39 is 6.36 Å². The van der Waals surface area contributed by atoms with E-state index in [4.69, 9.17) is 10.5 Å². The van der Waals surface area contributed by atoms with Crippen LogP contribution in [0.25, 0.3) is 0 Å². The minimum absolute atomic E-state index is 0. The molecule has 0 aromatic heterocycles. The van der Waals surface area contributed by atoms with Crippen LogP contribution < -0.4 is 20.5 Å². The van der Waals surface area contributed by atoms with Gasteiger partial charge in [0.25, 0.3) is 0 Å². The molecule has 0 atom stereocenters. The van der Waals surface area contributed by atoms with Gasteiger partial charge in [0.15, 0.2) is 5.96 Å². The standard InChI is InChI=1S/C16H16F3N3O2.HI/c1-23-13-8-6-12(7-9-13)22-15(20)21-10-11-4-2-3-5-14(11)24-16(17,18)19;/h2-9H,10H2,1H3,(H3,20,21,22);1H. The predicted octanol–water partition coefficient (Wildman–Crippen LogP) is 4.14. The topological polar surface area (TPSA) is 68.9 Å². The van der Waals surface area contributed by atoms with E-state index >= 15 is 0 Å². The summed E-state index contributed by atoms with van der Waals surface area (Å²) in [7, 11) is 1.55. The molecule has 0 aliphatic carbocycles. The van der Waals surface area contributed by atoms with Crippen LogP contribution in [-0.2, 0) is 6.54 Å². The fourth-order valence-electron chi connectivity index (χ4n) is 1.89. The Balaban J connectivity index is 0.00000312. The third-order valence-corrected chi connectivity index (χ3v) is 2.98. The van der Waals surface area contributed by atoms with E-state index in [-0.39, 0.29) is 47.8 Å². The summed E-state index contributed by atoms with van der Waals surface area (Å²) in [5.41, 5.74) is 6.70. The zero-order chi connectivity index (χ0) is 17.6. The minimum Gasteiger partial charge on any atom is -0.497 e. The van der Waals surface area contributed by atoms with Gasteiger partial charge < -0.3 is 20.5 Å². The quantitative estimate of drug-likeness (QED) is 0.394. The van der Waals surface area contributed by atoms with Gasteiger partial charge in [0.2, 0.25) is 0 Å². The Hall–Kier alpha value is -2.17. The summed E-state index contributed by atoms with van der Waals surface area (Å²) in [4.78, 5) is 4.03. The Bertz CT molecular complexity index is 707. The largest absolute Gasteiger partial charge is 0.573 e. The number of ether oxygens (including phenoxy) is 2. The van der Waals surface area contributed by atoms with Gasteiger partial charge in [0.05, 0.1) is 13.7 Å². The number of rotatable bonds is 5. The van der Waals surface area contributed by atoms with Crippen molar-refractivity contribution in [1.29, 1.82) is 0 Å². The number of hydrogen-bond acceptors (Lipinski definition) is 3. The summed E-state index contributed by atoms with van der Waals surface area (Å²) in [6, 6.07) is 12.7. The van der Waals surface area contributed by atoms with Gasteiger partial charge >= 0.3 is 6.36 Å². The van der Waals surface area contributed by atoms with E-state index in [2.05, 4.69) is 15.0 Å². The molecule has 0 radical (unpaired) electrons. The first-order chi connectivity index (χ1) is 11.4. The van der Waals surface area contributed by atoms with Crippen molar-refractivity contribution >= 4 is 35.6 Å². The van der Waals surface area contributed by atoms with E-state index in [1.807, 2.05) is 0 Å². The zero-order valence-electron chi connectivity index (χ0n) is 13.2. The molecule has 3 N–H and O–H groups in total. The normalized spacial score (nSPS) is 11.4. The maximum Gasteiger partial charge on any atom is 0.573 e. The number of halogens is 4. The summed E-state index contributed by atoms with van der Waals surface area (Å²) < 4.78 is 46.1. The van der Waals surface area contributed by atoms with Crippen molar-refractivity contribution in [2.75, 3.05) is 12.4 Å². The Kier molecular flexibility index (Phi) is 7.81. The summed E-state index contributed by atoms with van der Waals surface area (Å²) in [5, 5.41) is 2.84. The molecule has 0 saturated carbocycles. The van der Waals surface area contributed by atoms with E-state index in [1.165, 1.54) is 18.2 Å². The Morgan fingerprint density at radius 1 is 1.12 bits per heavy atom. The van der Waals surface area contributed by atoms with Gasteiger partial charge in [-0.1, -0.05) is 18.2 Å². The lowest BCUT2D eigenvalue weighted by molar-refractivity contribution is -0.274. The number of nitrogens with zero attached hydrogens (tertiary/aromatic N) is 1. The first-order valence-corrected chi connectivity index (χ1v) is 6.92. The van der Waals surface area contributed by atoms with Gasteiger partial charge in [-0.15, -0.1) is 37.1 Å². The van der Waals surface area contributed by atoms with Crippen LogP contribution in [-0.4, -0.2) is 19.4 Å². The smallest absolute Gasteiger partial charge is 0.497 e. The molecule has 9 heteroatoms. The average molecular weight is 467 g/mol. The molecule has 25 heavy (non-hydrogen) atoms. The second-order valence-electron chi connectivity index (χ2n) is 4.71. The lowest BCUT2D eigenvalue weighted by Crippen LogP contribution is -2.22. The van der Waals surface area contributed by atoms with Crippen molar-refractivity contribution in [1.82, 2.24) is 0 Å². The fourth-order valence-corrected chi connectivity index (χ4v) is 1.89. The molecule has 0 spiro atoms. The average Bonchev–Trinajstić information content (AvgIpc) is 2.53. The molecule has 0 unspecified atom stereocenters. The number of alkyl halides is 3. The van der Waals surface area contributed by atoms with Gasteiger partial charge in [-0.3, -0.25) is 0 Å². The molecule has 0 saturated heterocycles. The van der Waals surface area contributed by atoms with Gasteiger partial charge in [-0.25, -0.2) is 4.99 Å². The van der Waals surface area contributed by atoms with Crippen molar-refractivity contribution in [2.45, 2.75) is 12.9 Å². The lowest BCUT2D eigenvalue weighted by atomic mass is 10.2. The van der Waals surface area contributed by atoms with E-state index in [9.17, 15) is 13.2 Å². The monoisotopic (exact) mass is 467 g/mol. The maximum absolute atomic E-state index is 12.4. The first kappa shape index (κ1) is 20.9. The van der Waals surface area contributed by atoms with Gasteiger partial charge in [-0.2, -0.15) is 0 Å². The molecule has 0 aliphatic rings. The highest BCUT2D eigenvalue weighted by molar-refractivity contribution is 14.0. The number of nitrogens with one attached hydrogen (secondary N) is 1. The molecule has 2 rings (SSSR count). The second-order valence-corrected chi connectivity index (χ2v) is 4.71. The van der Waals surface area contributed by atoms with Crippen LogP contribution in [0.4, 0.5) is 18.9 Å². The predicted molar refractivity (Wildman–Crippen MR) is 100 cm³/mol. The molecule has 0 fully saturated rings. The number of guanidine groups is 1. The molecule has 2 aromatic rings. The Morgan fingerprint density at radius 2 is 1.76 bits per heavy atom. The van der Waals surface area contributed by atoms with E-state index in [1.54, 1.807) is 37.4 Å². The molecule has 0 heterocycles. The highest BCUT2D eigenvalue weighted by atomic mass is 127. The van der Waals surface area contributed by atoms with Crippen molar-refractivity contribution < 1.29 is 22.6 Å². The van der Waals surface area contributed by atoms with Crippen molar-refractivity contribution in [3.05, 3.63) is 54.1 Å². The van der Waals surface area contributed by atoms with Crippen LogP contribution in [0.1, 0.15) is 5.56 Å². The number of aliphatic imine (C=N–C) groups is 1. The third-order valence-electron chi connectivity index (χ3n) is 2.98. The van der Waals surface area contributed by atoms with Crippen LogP contribution in [0.15, 0.2) is 53.5 Å². The van der Waals surface area contributed by atoms with Gasteiger partial charge in [0, 0.05) is 11.3 Å². The molecular formula is C16H17F3IN3O2. The molecular weight excluding hydrogens is 450 g/mol. The molecule has 0 amide bonds. The highest BCUT2D eigenvalue weighted by Gasteiger charge is 2.31. The van der Waals surface area contributed by atoms with Crippen LogP contribution in [0.5, 0.6) is 11.5 Å². The van der Waals surface area contributed by atoms with Gasteiger partial charge in [-0.05, 0) is 30.3 Å². The minimum atomic E-state index is -4.76. The van der Waals surface area contributed by atoms with E-state index in [0.29, 0.717) is 11.4 Å². The number of anilines is 1. The summed E-state index contributed by atoms with van der Waals surface area (Å²) in [6.07, 6.45) is -4.76. The van der Waals surface area contributed by atoms with Crippen molar-refractivity contribution in [2.24, 2.45) is 10.7 Å². The van der Waals surface area contributed by atoms with Crippen LogP contribution in [0, 0.1) is 0 Å². The van der Waals surface area contributed by atoms with Crippen molar-refractivity contribution in [3.63, 3.8) is 0 Å². The first-order valence-electron chi connectivity index (χ1n) is 6.92. The zero-order valence-corrected chi connectivity index (χ0v) is 15.5. The Morgan fingerprint density at radius 3 is 2.36 bits per heavy atom. The van der Waals surface area contributed by atoms with Crippen molar-refractivity contribution in [3.8, 4) is 11.5 Å². The fraction of sp³-hybridized carbons (Fsp3) is 0.188. The molecule has 2 aromatic carbocycles. The lowest BCUT2D eigenvalue weighted by Gasteiger charge is -2.12. The number of methoxy groups -OCH3 is 1. The third kappa shape index (κ3) is 7.08.